The smallest absolute Gasteiger partial charge is 0.257 e. The lowest BCUT2D eigenvalue weighted by Crippen LogP contribution is -2.30. The Morgan fingerprint density at radius 1 is 1.50 bits per heavy atom. The second kappa shape index (κ2) is 6.10. The van der Waals surface area contributed by atoms with E-state index in [4.69, 9.17) is 17.3 Å². The summed E-state index contributed by atoms with van der Waals surface area (Å²) in [6.45, 7) is 4.03. The number of carbonyl (C=O) groups is 1. The van der Waals surface area contributed by atoms with Gasteiger partial charge >= 0.3 is 0 Å². The van der Waals surface area contributed by atoms with Crippen LogP contribution in [-0.4, -0.2) is 40.2 Å². The number of nitrogens with zero attached hydrogens (tertiary/aromatic N) is 3. The van der Waals surface area contributed by atoms with Gasteiger partial charge in [-0.1, -0.05) is 17.7 Å². The maximum atomic E-state index is 12.6. The Kier molecular flexibility index (Phi) is 4.18. The van der Waals surface area contributed by atoms with Crippen molar-refractivity contribution >= 4 is 17.5 Å². The van der Waals surface area contributed by atoms with Crippen LogP contribution in [0.25, 0.3) is 5.69 Å². The van der Waals surface area contributed by atoms with E-state index in [-0.39, 0.29) is 5.91 Å². The zero-order valence-corrected chi connectivity index (χ0v) is 13.3. The van der Waals surface area contributed by atoms with Crippen LogP contribution < -0.4 is 5.73 Å². The summed E-state index contributed by atoms with van der Waals surface area (Å²) in [6.07, 6.45) is 2.61. The van der Waals surface area contributed by atoms with E-state index in [1.54, 1.807) is 10.9 Å². The number of carbonyl (C=O) groups excluding carboxylic acids is 1. The first-order chi connectivity index (χ1) is 10.6. The number of nitrogens with two attached hydrogens (primary N) is 1. The van der Waals surface area contributed by atoms with Gasteiger partial charge in [0.05, 0.1) is 23.1 Å². The molecule has 6 heteroatoms. The van der Waals surface area contributed by atoms with Crippen molar-refractivity contribution in [3.8, 4) is 5.69 Å². The van der Waals surface area contributed by atoms with Gasteiger partial charge in [-0.15, -0.1) is 0 Å². The van der Waals surface area contributed by atoms with Crippen molar-refractivity contribution in [2.45, 2.75) is 13.3 Å². The van der Waals surface area contributed by atoms with Gasteiger partial charge in [-0.2, -0.15) is 5.10 Å². The van der Waals surface area contributed by atoms with Crippen LogP contribution >= 0.6 is 11.6 Å². The first kappa shape index (κ1) is 15.1. The van der Waals surface area contributed by atoms with Crippen LogP contribution in [0.4, 0.5) is 0 Å². The molecule has 1 saturated heterocycles. The van der Waals surface area contributed by atoms with Crippen molar-refractivity contribution in [3.63, 3.8) is 0 Å². The third-order valence-electron chi connectivity index (χ3n) is 4.20. The maximum Gasteiger partial charge on any atom is 0.257 e. The standard InChI is InChI=1S/C16H19ClN4O/c1-11-15(16(22)20-6-5-12(8-18)10-20)9-19-21(11)14-4-2-3-13(17)7-14/h2-4,7,9,12H,5-6,8,10,18H2,1H3/t12-/m0/s1. The Morgan fingerprint density at radius 2 is 2.32 bits per heavy atom. The lowest BCUT2D eigenvalue weighted by Gasteiger charge is -2.16. The van der Waals surface area contributed by atoms with E-state index in [2.05, 4.69) is 5.10 Å². The molecule has 116 valence electrons. The molecule has 2 N–H and O–H groups in total. The van der Waals surface area contributed by atoms with E-state index >= 15 is 0 Å². The van der Waals surface area contributed by atoms with Crippen molar-refractivity contribution in [2.75, 3.05) is 19.6 Å². The lowest BCUT2D eigenvalue weighted by atomic mass is 10.1. The molecule has 1 fully saturated rings. The number of hydrogen-bond donors (Lipinski definition) is 1. The zero-order chi connectivity index (χ0) is 15.7. The third kappa shape index (κ3) is 2.74. The second-order valence-electron chi connectivity index (χ2n) is 5.68. The van der Waals surface area contributed by atoms with Crippen LogP contribution in [-0.2, 0) is 0 Å². The molecule has 2 heterocycles. The molecule has 1 aliphatic heterocycles. The molecular formula is C16H19ClN4O. The molecule has 1 amide bonds. The molecule has 1 aromatic carbocycles. The van der Waals surface area contributed by atoms with Crippen molar-refractivity contribution in [1.29, 1.82) is 0 Å². The summed E-state index contributed by atoms with van der Waals surface area (Å²) in [7, 11) is 0. The molecule has 0 bridgehead atoms. The minimum atomic E-state index is 0.0294. The zero-order valence-electron chi connectivity index (χ0n) is 12.5. The molecule has 1 atom stereocenters. The molecule has 5 nitrogen and oxygen atoms in total. The van der Waals surface area contributed by atoms with Crippen molar-refractivity contribution in [2.24, 2.45) is 11.7 Å². The van der Waals surface area contributed by atoms with Crippen LogP contribution in [0.15, 0.2) is 30.5 Å². The lowest BCUT2D eigenvalue weighted by molar-refractivity contribution is 0.0787. The Hall–Kier alpha value is -1.85. The Bertz CT molecular complexity index is 697. The molecule has 3 rings (SSSR count). The van der Waals surface area contributed by atoms with Crippen LogP contribution in [0.1, 0.15) is 22.5 Å². The SMILES string of the molecule is Cc1c(C(=O)N2CC[C@@H](CN)C2)cnn1-c1cccc(Cl)c1. The minimum absolute atomic E-state index is 0.0294. The highest BCUT2D eigenvalue weighted by Gasteiger charge is 2.28. The van der Waals surface area contributed by atoms with Crippen LogP contribution in [0.2, 0.25) is 5.02 Å². The number of amides is 1. The average molecular weight is 319 g/mol. The van der Waals surface area contributed by atoms with Crippen LogP contribution in [0.3, 0.4) is 0 Å². The molecule has 0 saturated carbocycles. The van der Waals surface area contributed by atoms with Gasteiger partial charge in [-0.25, -0.2) is 4.68 Å². The number of benzene rings is 1. The molecule has 0 unspecified atom stereocenters. The van der Waals surface area contributed by atoms with E-state index in [1.165, 1.54) is 0 Å². The Labute approximate surface area is 134 Å². The first-order valence-electron chi connectivity index (χ1n) is 7.40. The fraction of sp³-hybridized carbons (Fsp3) is 0.375. The van der Waals surface area contributed by atoms with Crippen LogP contribution in [0, 0.1) is 12.8 Å². The molecule has 0 aliphatic carbocycles. The van der Waals surface area contributed by atoms with Crippen LogP contribution in [0.5, 0.6) is 0 Å². The normalized spacial score (nSPS) is 18.0. The van der Waals surface area contributed by atoms with Crippen molar-refractivity contribution < 1.29 is 4.79 Å². The number of halogens is 1. The van der Waals surface area contributed by atoms with Crippen molar-refractivity contribution in [3.05, 3.63) is 46.7 Å². The van der Waals surface area contributed by atoms with Gasteiger partial charge in [0.1, 0.15) is 0 Å². The highest BCUT2D eigenvalue weighted by Crippen LogP contribution is 2.22. The highest BCUT2D eigenvalue weighted by atomic mass is 35.5. The summed E-state index contributed by atoms with van der Waals surface area (Å²) >= 11 is 6.02. The van der Waals surface area contributed by atoms with E-state index in [0.29, 0.717) is 23.0 Å². The van der Waals surface area contributed by atoms with Gasteiger partial charge in [0.2, 0.25) is 0 Å². The third-order valence-corrected chi connectivity index (χ3v) is 4.43. The van der Waals surface area contributed by atoms with Gasteiger partial charge in [0, 0.05) is 18.1 Å². The quantitative estimate of drug-likeness (QED) is 0.944. The monoisotopic (exact) mass is 318 g/mol. The Morgan fingerprint density at radius 3 is 3.00 bits per heavy atom. The van der Waals surface area contributed by atoms with E-state index in [1.807, 2.05) is 36.1 Å². The maximum absolute atomic E-state index is 12.6. The number of rotatable bonds is 3. The molecular weight excluding hydrogens is 300 g/mol. The summed E-state index contributed by atoms with van der Waals surface area (Å²) < 4.78 is 1.75. The number of likely N-dealkylation sites (tertiary alicyclic amines) is 1. The molecule has 1 aliphatic rings. The molecule has 1 aromatic heterocycles. The largest absolute Gasteiger partial charge is 0.338 e. The molecule has 0 spiro atoms. The first-order valence-corrected chi connectivity index (χ1v) is 7.78. The summed E-state index contributed by atoms with van der Waals surface area (Å²) in [5.74, 6) is 0.439. The van der Waals surface area contributed by atoms with E-state index < -0.39 is 0 Å². The van der Waals surface area contributed by atoms with Gasteiger partial charge in [-0.05, 0) is 44.0 Å². The van der Waals surface area contributed by atoms with Gasteiger partial charge in [0.15, 0.2) is 0 Å². The van der Waals surface area contributed by atoms with Gasteiger partial charge in [0.25, 0.3) is 5.91 Å². The summed E-state index contributed by atoms with van der Waals surface area (Å²) in [5.41, 5.74) is 8.00. The van der Waals surface area contributed by atoms with Gasteiger partial charge < -0.3 is 10.6 Å². The molecule has 0 radical (unpaired) electrons. The molecule has 22 heavy (non-hydrogen) atoms. The molecule has 2 aromatic rings. The number of hydrogen-bond acceptors (Lipinski definition) is 3. The fourth-order valence-corrected chi connectivity index (χ4v) is 3.05. The van der Waals surface area contributed by atoms with E-state index in [0.717, 1.165) is 30.9 Å². The van der Waals surface area contributed by atoms with Gasteiger partial charge in [-0.3, -0.25) is 4.79 Å². The summed E-state index contributed by atoms with van der Waals surface area (Å²) in [5, 5.41) is 4.99. The van der Waals surface area contributed by atoms with Crippen molar-refractivity contribution in [1.82, 2.24) is 14.7 Å². The Balaban J connectivity index is 1.86. The second-order valence-corrected chi connectivity index (χ2v) is 6.11. The summed E-state index contributed by atoms with van der Waals surface area (Å²) in [6, 6.07) is 7.43. The topological polar surface area (TPSA) is 64.2 Å². The number of aromatic nitrogens is 2. The predicted octanol–water partition coefficient (Wildman–Crippen LogP) is 2.25. The highest BCUT2D eigenvalue weighted by molar-refractivity contribution is 6.30. The predicted molar refractivity (Wildman–Crippen MR) is 86.4 cm³/mol. The summed E-state index contributed by atoms with van der Waals surface area (Å²) in [4.78, 5) is 14.5. The average Bonchev–Trinajstić information content (AvgIpc) is 3.13. The fourth-order valence-electron chi connectivity index (χ4n) is 2.87. The van der Waals surface area contributed by atoms with E-state index in [9.17, 15) is 4.79 Å². The minimum Gasteiger partial charge on any atom is -0.338 e.